The fourth-order valence-electron chi connectivity index (χ4n) is 1.91. The molecule has 0 radical (unpaired) electrons. The van der Waals surface area contributed by atoms with E-state index in [9.17, 15) is 4.79 Å². The molecule has 1 amide bonds. The second kappa shape index (κ2) is 3.80. The molecule has 1 atom stereocenters. The zero-order chi connectivity index (χ0) is 9.97. The van der Waals surface area contributed by atoms with E-state index in [1.54, 1.807) is 0 Å². The van der Waals surface area contributed by atoms with Crippen LogP contribution in [-0.4, -0.2) is 19.0 Å². The Morgan fingerprint density at radius 1 is 1.50 bits per heavy atom. The molecule has 0 aliphatic heterocycles. The second-order valence-electron chi connectivity index (χ2n) is 3.70. The van der Waals surface area contributed by atoms with Crippen LogP contribution in [0.15, 0.2) is 24.3 Å². The molecule has 0 aromatic heterocycles. The molecule has 74 valence electrons. The largest absolute Gasteiger partial charge is 0.369 e. The predicted molar refractivity (Wildman–Crippen MR) is 55.0 cm³/mol. The molecule has 0 saturated carbocycles. The number of carbonyl (C=O) groups excluding carboxylic acids is 1. The van der Waals surface area contributed by atoms with Crippen LogP contribution >= 0.6 is 0 Å². The van der Waals surface area contributed by atoms with E-state index >= 15 is 0 Å². The Balaban J connectivity index is 1.84. The molecule has 0 saturated heterocycles. The average Bonchev–Trinajstić information content (AvgIpc) is 2.12. The Kier molecular flexibility index (Phi) is 2.50. The third-order valence-electron chi connectivity index (χ3n) is 2.65. The van der Waals surface area contributed by atoms with Crippen molar-refractivity contribution in [3.05, 3.63) is 35.4 Å². The summed E-state index contributed by atoms with van der Waals surface area (Å²) in [6.07, 6.45) is 1.11. The van der Waals surface area contributed by atoms with Gasteiger partial charge in [0.05, 0.1) is 6.54 Å². The van der Waals surface area contributed by atoms with Gasteiger partial charge in [0.25, 0.3) is 0 Å². The molecule has 2 rings (SSSR count). The molecular formula is C11H14N2O. The summed E-state index contributed by atoms with van der Waals surface area (Å²) in [5.41, 5.74) is 7.87. The summed E-state index contributed by atoms with van der Waals surface area (Å²) >= 11 is 0. The van der Waals surface area contributed by atoms with Crippen LogP contribution in [0.25, 0.3) is 0 Å². The summed E-state index contributed by atoms with van der Waals surface area (Å²) in [4.78, 5) is 10.5. The van der Waals surface area contributed by atoms with Crippen molar-refractivity contribution in [2.45, 2.75) is 12.3 Å². The Hall–Kier alpha value is -1.35. The van der Waals surface area contributed by atoms with Gasteiger partial charge in [-0.25, -0.2) is 0 Å². The van der Waals surface area contributed by atoms with Gasteiger partial charge < -0.3 is 11.1 Å². The van der Waals surface area contributed by atoms with Crippen molar-refractivity contribution in [3.63, 3.8) is 0 Å². The quantitative estimate of drug-likeness (QED) is 0.722. The number of carbonyl (C=O) groups is 1. The average molecular weight is 190 g/mol. The van der Waals surface area contributed by atoms with Crippen LogP contribution in [0.4, 0.5) is 0 Å². The van der Waals surface area contributed by atoms with Gasteiger partial charge in [-0.05, 0) is 17.5 Å². The molecule has 3 heteroatoms. The van der Waals surface area contributed by atoms with E-state index in [1.165, 1.54) is 11.1 Å². The smallest absolute Gasteiger partial charge is 0.231 e. The zero-order valence-electron chi connectivity index (χ0n) is 7.99. The Bertz CT molecular complexity index is 349. The minimum Gasteiger partial charge on any atom is -0.369 e. The number of rotatable bonds is 4. The number of benzene rings is 1. The fourth-order valence-corrected chi connectivity index (χ4v) is 1.91. The molecule has 0 bridgehead atoms. The lowest BCUT2D eigenvalue weighted by molar-refractivity contribution is -0.117. The van der Waals surface area contributed by atoms with Gasteiger partial charge in [0.15, 0.2) is 0 Å². The maximum Gasteiger partial charge on any atom is 0.231 e. The van der Waals surface area contributed by atoms with Crippen molar-refractivity contribution in [1.82, 2.24) is 5.32 Å². The van der Waals surface area contributed by atoms with Gasteiger partial charge in [-0.15, -0.1) is 0 Å². The molecule has 0 heterocycles. The fraction of sp³-hybridized carbons (Fsp3) is 0.364. The van der Waals surface area contributed by atoms with Gasteiger partial charge in [0.1, 0.15) is 0 Å². The van der Waals surface area contributed by atoms with Crippen molar-refractivity contribution in [3.8, 4) is 0 Å². The highest BCUT2D eigenvalue weighted by atomic mass is 16.1. The molecule has 3 N–H and O–H groups in total. The minimum atomic E-state index is -0.294. The highest BCUT2D eigenvalue weighted by Gasteiger charge is 2.24. The van der Waals surface area contributed by atoms with Crippen LogP contribution in [0.1, 0.15) is 17.0 Å². The maximum absolute atomic E-state index is 10.5. The standard InChI is InChI=1S/C11H14N2O/c12-11(14)7-13-6-9-5-8-3-1-2-4-10(8)9/h1-4,9,13H,5-7H2,(H2,12,14)/t9-/m0/s1. The van der Waals surface area contributed by atoms with Crippen molar-refractivity contribution >= 4 is 5.91 Å². The first-order valence-electron chi connectivity index (χ1n) is 4.84. The van der Waals surface area contributed by atoms with Gasteiger partial charge in [0.2, 0.25) is 5.91 Å². The lowest BCUT2D eigenvalue weighted by Gasteiger charge is -2.30. The van der Waals surface area contributed by atoms with Crippen molar-refractivity contribution < 1.29 is 4.79 Å². The first-order valence-corrected chi connectivity index (χ1v) is 4.84. The van der Waals surface area contributed by atoms with E-state index in [0.29, 0.717) is 5.92 Å². The topological polar surface area (TPSA) is 55.1 Å². The van der Waals surface area contributed by atoms with Crippen LogP contribution in [0.2, 0.25) is 0 Å². The summed E-state index contributed by atoms with van der Waals surface area (Å²) in [5, 5.41) is 3.05. The molecule has 1 aromatic carbocycles. The van der Waals surface area contributed by atoms with Crippen LogP contribution in [-0.2, 0) is 11.2 Å². The summed E-state index contributed by atoms with van der Waals surface area (Å²) < 4.78 is 0. The van der Waals surface area contributed by atoms with Gasteiger partial charge in [-0.1, -0.05) is 24.3 Å². The monoisotopic (exact) mass is 190 g/mol. The SMILES string of the molecule is NC(=O)CNC[C@@H]1Cc2ccccc21. The molecule has 0 fully saturated rings. The van der Waals surface area contributed by atoms with E-state index in [-0.39, 0.29) is 12.5 Å². The number of nitrogens with one attached hydrogen (secondary N) is 1. The van der Waals surface area contributed by atoms with E-state index in [2.05, 4.69) is 29.6 Å². The highest BCUT2D eigenvalue weighted by Crippen LogP contribution is 2.33. The summed E-state index contributed by atoms with van der Waals surface area (Å²) in [6, 6.07) is 8.42. The van der Waals surface area contributed by atoms with Gasteiger partial charge in [-0.3, -0.25) is 4.79 Å². The molecular weight excluding hydrogens is 176 g/mol. The first-order chi connectivity index (χ1) is 6.77. The van der Waals surface area contributed by atoms with Crippen molar-refractivity contribution in [2.24, 2.45) is 5.73 Å². The van der Waals surface area contributed by atoms with E-state index in [1.807, 2.05) is 0 Å². The van der Waals surface area contributed by atoms with Crippen molar-refractivity contribution in [2.75, 3.05) is 13.1 Å². The van der Waals surface area contributed by atoms with E-state index in [0.717, 1.165) is 13.0 Å². The molecule has 0 spiro atoms. The number of hydrogen-bond acceptors (Lipinski definition) is 2. The normalized spacial score (nSPS) is 18.4. The molecule has 3 nitrogen and oxygen atoms in total. The number of primary amides is 1. The summed E-state index contributed by atoms with van der Waals surface area (Å²) in [6.45, 7) is 1.12. The van der Waals surface area contributed by atoms with E-state index < -0.39 is 0 Å². The minimum absolute atomic E-state index is 0.276. The summed E-state index contributed by atoms with van der Waals surface area (Å²) in [5.74, 6) is 0.267. The van der Waals surface area contributed by atoms with Gasteiger partial charge >= 0.3 is 0 Å². The molecule has 0 unspecified atom stereocenters. The molecule has 1 aliphatic carbocycles. The molecule has 14 heavy (non-hydrogen) atoms. The van der Waals surface area contributed by atoms with Crippen LogP contribution in [0.3, 0.4) is 0 Å². The molecule has 1 aromatic rings. The Labute approximate surface area is 83.3 Å². The Morgan fingerprint density at radius 3 is 3.00 bits per heavy atom. The number of amides is 1. The van der Waals surface area contributed by atoms with Crippen LogP contribution in [0, 0.1) is 0 Å². The van der Waals surface area contributed by atoms with Crippen LogP contribution < -0.4 is 11.1 Å². The molecule has 1 aliphatic rings. The van der Waals surface area contributed by atoms with E-state index in [4.69, 9.17) is 5.73 Å². The number of fused-ring (bicyclic) bond motifs is 1. The zero-order valence-corrected chi connectivity index (χ0v) is 7.99. The third-order valence-corrected chi connectivity index (χ3v) is 2.65. The summed E-state index contributed by atoms with van der Waals surface area (Å²) in [7, 11) is 0. The lowest BCUT2D eigenvalue weighted by Crippen LogP contribution is -2.34. The van der Waals surface area contributed by atoms with Crippen LogP contribution in [0.5, 0.6) is 0 Å². The second-order valence-corrected chi connectivity index (χ2v) is 3.70. The van der Waals surface area contributed by atoms with Gasteiger partial charge in [0, 0.05) is 12.5 Å². The predicted octanol–water partition coefficient (Wildman–Crippen LogP) is 0.401. The number of nitrogens with two attached hydrogens (primary N) is 1. The maximum atomic E-state index is 10.5. The van der Waals surface area contributed by atoms with Gasteiger partial charge in [-0.2, -0.15) is 0 Å². The third kappa shape index (κ3) is 1.77. The number of hydrogen-bond donors (Lipinski definition) is 2. The highest BCUT2D eigenvalue weighted by molar-refractivity contribution is 5.75. The Morgan fingerprint density at radius 2 is 2.29 bits per heavy atom. The first kappa shape index (κ1) is 9.21. The lowest BCUT2D eigenvalue weighted by atomic mass is 9.78. The van der Waals surface area contributed by atoms with Crippen molar-refractivity contribution in [1.29, 1.82) is 0 Å².